The van der Waals surface area contributed by atoms with Crippen molar-refractivity contribution in [1.82, 2.24) is 19.9 Å². The van der Waals surface area contributed by atoms with E-state index in [0.717, 1.165) is 37.0 Å². The summed E-state index contributed by atoms with van der Waals surface area (Å²) in [5.41, 5.74) is 2.58. The average molecular weight is 362 g/mol. The number of pyridine rings is 1. The van der Waals surface area contributed by atoms with Crippen LogP contribution in [0, 0.1) is 0 Å². The van der Waals surface area contributed by atoms with E-state index in [1.165, 1.54) is 0 Å². The molecule has 1 aromatic carbocycles. The molecule has 27 heavy (non-hydrogen) atoms. The van der Waals surface area contributed by atoms with Gasteiger partial charge in [-0.05, 0) is 43.5 Å². The molecule has 1 aliphatic heterocycles. The maximum atomic E-state index is 12.9. The van der Waals surface area contributed by atoms with Crippen molar-refractivity contribution >= 4 is 16.9 Å². The molecule has 1 atom stereocenters. The molecular formula is C21H22N4O2. The Balaban J connectivity index is 1.50. The monoisotopic (exact) mass is 362 g/mol. The molecule has 1 N–H and O–H groups in total. The number of aromatic amines is 1. The lowest BCUT2D eigenvalue weighted by Gasteiger charge is -2.35. The van der Waals surface area contributed by atoms with E-state index in [9.17, 15) is 9.59 Å². The molecule has 0 saturated carbocycles. The zero-order chi connectivity index (χ0) is 18.6. The number of rotatable bonds is 4. The predicted octanol–water partition coefficient (Wildman–Crippen LogP) is 3.00. The molecule has 1 aliphatic rings. The number of fused-ring (bicyclic) bond motifs is 1. The smallest absolute Gasteiger partial charge is 0.270 e. The number of nitrogens with one attached hydrogen (secondary N) is 1. The number of para-hydroxylation sites is 2. The molecule has 2 aromatic heterocycles. The van der Waals surface area contributed by atoms with Gasteiger partial charge in [0.15, 0.2) is 0 Å². The number of hydrogen-bond donors (Lipinski definition) is 1. The third-order valence-electron chi connectivity index (χ3n) is 5.10. The largest absolute Gasteiger partial charge is 0.334 e. The normalized spacial score (nSPS) is 17.2. The summed E-state index contributed by atoms with van der Waals surface area (Å²) in [5, 5.41) is 0. The molecule has 1 amide bonds. The molecule has 1 saturated heterocycles. The van der Waals surface area contributed by atoms with Crippen LogP contribution in [0.5, 0.6) is 0 Å². The fourth-order valence-electron chi connectivity index (χ4n) is 3.72. The van der Waals surface area contributed by atoms with Crippen molar-refractivity contribution in [1.29, 1.82) is 0 Å². The fraction of sp³-hybridized carbons (Fsp3) is 0.333. The molecule has 138 valence electrons. The van der Waals surface area contributed by atoms with E-state index < -0.39 is 0 Å². The Morgan fingerprint density at radius 2 is 2.00 bits per heavy atom. The van der Waals surface area contributed by atoms with E-state index in [1.54, 1.807) is 6.20 Å². The Hall–Kier alpha value is -3.02. The first kappa shape index (κ1) is 17.4. The second-order valence-corrected chi connectivity index (χ2v) is 6.88. The van der Waals surface area contributed by atoms with E-state index in [4.69, 9.17) is 0 Å². The van der Waals surface area contributed by atoms with Crippen molar-refractivity contribution in [2.24, 2.45) is 0 Å². The molecule has 4 rings (SSSR count). The van der Waals surface area contributed by atoms with Crippen LogP contribution < -0.4 is 5.56 Å². The highest BCUT2D eigenvalue weighted by Gasteiger charge is 2.28. The molecule has 6 nitrogen and oxygen atoms in total. The van der Waals surface area contributed by atoms with Crippen LogP contribution in [-0.4, -0.2) is 32.3 Å². The number of likely N-dealkylation sites (tertiary alicyclic amines) is 1. The van der Waals surface area contributed by atoms with Gasteiger partial charge in [-0.1, -0.05) is 18.2 Å². The predicted molar refractivity (Wildman–Crippen MR) is 103 cm³/mol. The van der Waals surface area contributed by atoms with Gasteiger partial charge >= 0.3 is 0 Å². The number of hydrogen-bond acceptors (Lipinski definition) is 4. The Morgan fingerprint density at radius 3 is 2.85 bits per heavy atom. The van der Waals surface area contributed by atoms with Gasteiger partial charge in [-0.25, -0.2) is 4.98 Å². The van der Waals surface area contributed by atoms with E-state index in [2.05, 4.69) is 15.0 Å². The van der Waals surface area contributed by atoms with Crippen LogP contribution in [0.1, 0.15) is 43.1 Å². The molecule has 6 heteroatoms. The van der Waals surface area contributed by atoms with Crippen LogP contribution in [0.3, 0.4) is 0 Å². The van der Waals surface area contributed by atoms with Crippen LogP contribution in [0.25, 0.3) is 11.0 Å². The third-order valence-corrected chi connectivity index (χ3v) is 5.10. The van der Waals surface area contributed by atoms with E-state index in [1.807, 2.05) is 47.4 Å². The zero-order valence-corrected chi connectivity index (χ0v) is 15.1. The van der Waals surface area contributed by atoms with Crippen LogP contribution in [-0.2, 0) is 11.2 Å². The summed E-state index contributed by atoms with van der Waals surface area (Å²) in [7, 11) is 0. The summed E-state index contributed by atoms with van der Waals surface area (Å²) < 4.78 is 0. The van der Waals surface area contributed by atoms with E-state index in [0.29, 0.717) is 17.6 Å². The topological polar surface area (TPSA) is 79.0 Å². The van der Waals surface area contributed by atoms with Crippen LogP contribution in [0.4, 0.5) is 0 Å². The second-order valence-electron chi connectivity index (χ2n) is 6.88. The molecular weight excluding hydrogens is 340 g/mol. The standard InChI is InChI=1S/C21H22N4O2/c26-20(25-14-6-4-10-19(25)17-9-3-5-13-22-17)12-11-18-21(27)24-16-8-2-1-7-15(16)23-18/h1-3,5,7-9,13,19H,4,6,10-12,14H2,(H,24,27)/t19-/m1/s1. The average Bonchev–Trinajstić information content (AvgIpc) is 2.72. The maximum Gasteiger partial charge on any atom is 0.270 e. The summed E-state index contributed by atoms with van der Waals surface area (Å²) in [6.45, 7) is 0.738. The molecule has 1 fully saturated rings. The Bertz CT molecular complexity index is 1000. The molecule has 0 spiro atoms. The summed E-state index contributed by atoms with van der Waals surface area (Å²) >= 11 is 0. The first-order valence-electron chi connectivity index (χ1n) is 9.41. The zero-order valence-electron chi connectivity index (χ0n) is 15.1. The fourth-order valence-corrected chi connectivity index (χ4v) is 3.72. The summed E-state index contributed by atoms with van der Waals surface area (Å²) in [5.74, 6) is 0.0553. The minimum atomic E-state index is -0.221. The molecule has 0 bridgehead atoms. The molecule has 3 aromatic rings. The Kier molecular flexibility index (Phi) is 4.96. The number of nitrogens with zero attached hydrogens (tertiary/aromatic N) is 3. The number of H-pyrrole nitrogens is 1. The van der Waals surface area contributed by atoms with Gasteiger partial charge in [-0.15, -0.1) is 0 Å². The maximum absolute atomic E-state index is 12.9. The number of piperidine rings is 1. The second kappa shape index (κ2) is 7.70. The van der Waals surface area contributed by atoms with Gasteiger partial charge in [-0.3, -0.25) is 14.6 Å². The van der Waals surface area contributed by atoms with Gasteiger partial charge in [0.25, 0.3) is 5.56 Å². The number of benzene rings is 1. The summed E-state index contributed by atoms with van der Waals surface area (Å²) in [6, 6.07) is 13.3. The van der Waals surface area contributed by atoms with Crippen LogP contribution in [0.15, 0.2) is 53.5 Å². The number of carbonyl (C=O) groups is 1. The first-order valence-corrected chi connectivity index (χ1v) is 9.41. The highest BCUT2D eigenvalue weighted by atomic mass is 16.2. The molecule has 0 unspecified atom stereocenters. The summed E-state index contributed by atoms with van der Waals surface area (Å²) in [4.78, 5) is 38.8. The quantitative estimate of drug-likeness (QED) is 0.774. The van der Waals surface area contributed by atoms with E-state index in [-0.39, 0.29) is 23.9 Å². The van der Waals surface area contributed by atoms with Gasteiger partial charge in [-0.2, -0.15) is 0 Å². The van der Waals surface area contributed by atoms with Gasteiger partial charge in [0, 0.05) is 25.6 Å². The summed E-state index contributed by atoms with van der Waals surface area (Å²) in [6.07, 6.45) is 5.41. The first-order chi connectivity index (χ1) is 13.2. The third kappa shape index (κ3) is 3.74. The number of aromatic nitrogens is 3. The molecule has 0 radical (unpaired) electrons. The van der Waals surface area contributed by atoms with Crippen molar-refractivity contribution in [3.63, 3.8) is 0 Å². The van der Waals surface area contributed by atoms with Crippen molar-refractivity contribution in [2.75, 3.05) is 6.54 Å². The Labute approximate surface area is 157 Å². The highest BCUT2D eigenvalue weighted by Crippen LogP contribution is 2.30. The lowest BCUT2D eigenvalue weighted by atomic mass is 9.98. The van der Waals surface area contributed by atoms with Gasteiger partial charge in [0.2, 0.25) is 5.91 Å². The van der Waals surface area contributed by atoms with Crippen molar-refractivity contribution in [3.05, 3.63) is 70.4 Å². The molecule has 0 aliphatic carbocycles. The minimum Gasteiger partial charge on any atom is -0.334 e. The Morgan fingerprint density at radius 1 is 1.15 bits per heavy atom. The van der Waals surface area contributed by atoms with Crippen LogP contribution in [0.2, 0.25) is 0 Å². The highest BCUT2D eigenvalue weighted by molar-refractivity contribution is 5.77. The number of amides is 1. The van der Waals surface area contributed by atoms with Gasteiger partial charge < -0.3 is 9.88 Å². The lowest BCUT2D eigenvalue weighted by Crippen LogP contribution is -2.39. The van der Waals surface area contributed by atoms with Crippen molar-refractivity contribution in [2.45, 2.75) is 38.1 Å². The number of carbonyl (C=O) groups excluding carboxylic acids is 1. The number of aryl methyl sites for hydroxylation is 1. The SMILES string of the molecule is O=C(CCc1nc2ccccc2[nH]c1=O)N1CCCC[C@@H]1c1ccccn1. The van der Waals surface area contributed by atoms with Gasteiger partial charge in [0.1, 0.15) is 5.69 Å². The van der Waals surface area contributed by atoms with Gasteiger partial charge in [0.05, 0.1) is 22.8 Å². The lowest BCUT2D eigenvalue weighted by molar-refractivity contribution is -0.135. The minimum absolute atomic E-state index is 0.0234. The van der Waals surface area contributed by atoms with Crippen molar-refractivity contribution in [3.8, 4) is 0 Å². The van der Waals surface area contributed by atoms with Crippen LogP contribution >= 0.6 is 0 Å². The van der Waals surface area contributed by atoms with Crippen molar-refractivity contribution < 1.29 is 4.79 Å². The van der Waals surface area contributed by atoms with E-state index >= 15 is 0 Å². The molecule has 3 heterocycles.